The summed E-state index contributed by atoms with van der Waals surface area (Å²) in [6.07, 6.45) is 0. The first-order valence-electron chi connectivity index (χ1n) is 16.4. The van der Waals surface area contributed by atoms with Gasteiger partial charge >= 0.3 is 0 Å². The molecule has 0 aliphatic carbocycles. The van der Waals surface area contributed by atoms with Gasteiger partial charge in [0.2, 0.25) is 0 Å². The number of ketones is 2. The highest BCUT2D eigenvalue weighted by Crippen LogP contribution is 2.35. The van der Waals surface area contributed by atoms with Crippen LogP contribution in [0.2, 0.25) is 0 Å². The minimum Gasteiger partial charge on any atom is -0.295 e. The van der Waals surface area contributed by atoms with Gasteiger partial charge in [0.25, 0.3) is 0 Å². The van der Waals surface area contributed by atoms with Crippen LogP contribution >= 0.6 is 0 Å². The van der Waals surface area contributed by atoms with Gasteiger partial charge < -0.3 is 0 Å². The van der Waals surface area contributed by atoms with Crippen LogP contribution in [0, 0.1) is 0 Å². The summed E-state index contributed by atoms with van der Waals surface area (Å²) in [7, 11) is 0. The zero-order valence-electron chi connectivity index (χ0n) is 27.5. The largest absolute Gasteiger partial charge is 0.295 e. The fraction of sp³-hybridized carbons (Fsp3) is 0.0455. The quantitative estimate of drug-likeness (QED) is 0.160. The molecule has 0 unspecified atom stereocenters. The van der Waals surface area contributed by atoms with Crippen molar-refractivity contribution in [1.82, 2.24) is 19.9 Å². The zero-order chi connectivity index (χ0) is 34.2. The van der Waals surface area contributed by atoms with Crippen molar-refractivity contribution >= 4 is 33.6 Å². The number of benzene rings is 6. The van der Waals surface area contributed by atoms with Gasteiger partial charge in [-0.15, -0.1) is 0 Å². The highest BCUT2D eigenvalue weighted by atomic mass is 16.1. The first kappa shape index (κ1) is 30.7. The minimum absolute atomic E-state index is 0.00122. The highest BCUT2D eigenvalue weighted by Gasteiger charge is 2.17. The Labute approximate surface area is 289 Å². The van der Waals surface area contributed by atoms with Crippen LogP contribution in [-0.2, 0) is 0 Å². The second-order valence-electron chi connectivity index (χ2n) is 12.2. The maximum Gasteiger partial charge on any atom is 0.159 e. The number of rotatable bonds is 7. The first-order valence-corrected chi connectivity index (χ1v) is 16.4. The number of carbonyl (C=O) groups is 2. The lowest BCUT2D eigenvalue weighted by Gasteiger charge is -2.13. The molecule has 2 heterocycles. The van der Waals surface area contributed by atoms with Crippen molar-refractivity contribution in [2.75, 3.05) is 0 Å². The van der Waals surface area contributed by atoms with Gasteiger partial charge in [0, 0.05) is 33.4 Å². The molecule has 0 aliphatic rings. The molecule has 0 atom stereocenters. The Morgan fingerprint density at radius 1 is 0.340 bits per heavy atom. The van der Waals surface area contributed by atoms with Crippen molar-refractivity contribution in [2.45, 2.75) is 13.8 Å². The lowest BCUT2D eigenvalue weighted by molar-refractivity contribution is 0.100. The summed E-state index contributed by atoms with van der Waals surface area (Å²) < 4.78 is 0. The molecule has 0 saturated carbocycles. The summed E-state index contributed by atoms with van der Waals surface area (Å²) in [5.41, 5.74) is 13.0. The smallest absolute Gasteiger partial charge is 0.159 e. The number of Topliss-reactive ketones (excluding diaryl/α,β-unsaturated/α-hetero) is 2. The van der Waals surface area contributed by atoms with Crippen LogP contribution in [0.25, 0.3) is 78.2 Å². The van der Waals surface area contributed by atoms with E-state index in [1.807, 2.05) is 109 Å². The van der Waals surface area contributed by atoms with Crippen molar-refractivity contribution in [3.8, 4) is 56.2 Å². The Kier molecular flexibility index (Phi) is 7.82. The monoisotopic (exact) mass is 646 g/mol. The van der Waals surface area contributed by atoms with Gasteiger partial charge in [0.05, 0.1) is 44.8 Å². The topological polar surface area (TPSA) is 85.7 Å². The lowest BCUT2D eigenvalue weighted by atomic mass is 9.99. The average Bonchev–Trinajstić information content (AvgIpc) is 3.17. The normalized spacial score (nSPS) is 11.2. The summed E-state index contributed by atoms with van der Waals surface area (Å²) in [6, 6.07) is 47.4. The van der Waals surface area contributed by atoms with E-state index in [9.17, 15) is 9.59 Å². The fourth-order valence-electron chi connectivity index (χ4n) is 6.19. The van der Waals surface area contributed by atoms with Crippen LogP contribution < -0.4 is 0 Å². The van der Waals surface area contributed by atoms with E-state index in [2.05, 4.69) is 36.4 Å². The Morgan fingerprint density at radius 3 is 0.980 bits per heavy atom. The fourth-order valence-corrected chi connectivity index (χ4v) is 6.19. The maximum atomic E-state index is 12.0. The number of carbonyl (C=O) groups excluding carboxylic acids is 2. The summed E-state index contributed by atoms with van der Waals surface area (Å²) >= 11 is 0. The zero-order valence-corrected chi connectivity index (χ0v) is 27.5. The van der Waals surface area contributed by atoms with E-state index in [1.54, 1.807) is 13.8 Å². The predicted octanol–water partition coefficient (Wildman–Crippen LogP) is 10.3. The van der Waals surface area contributed by atoms with Gasteiger partial charge in [-0.3, -0.25) is 9.59 Å². The Bertz CT molecular complexity index is 2560. The predicted molar refractivity (Wildman–Crippen MR) is 200 cm³/mol. The molecule has 0 N–H and O–H groups in total. The molecule has 0 amide bonds. The lowest BCUT2D eigenvalue weighted by Crippen LogP contribution is -1.98. The molecular formula is C44H30N4O2. The van der Waals surface area contributed by atoms with E-state index in [-0.39, 0.29) is 11.6 Å². The van der Waals surface area contributed by atoms with Crippen molar-refractivity contribution in [1.29, 1.82) is 0 Å². The molecule has 2 aromatic heterocycles. The van der Waals surface area contributed by atoms with Crippen LogP contribution in [0.15, 0.2) is 146 Å². The summed E-state index contributed by atoms with van der Waals surface area (Å²) in [4.78, 5) is 44.5. The van der Waals surface area contributed by atoms with E-state index >= 15 is 0 Å². The van der Waals surface area contributed by atoms with Gasteiger partial charge in [-0.2, -0.15) is 0 Å². The standard InChI is InChI=1S/C44H30N4O2/c1-27(49)29-13-17-33(18-14-29)43-44(34-19-15-30(16-20-34)28(2)50)48-40-26-36(22-24-38(40)46-43)35-21-23-37-39(25-35)47-42(32-11-7-4-8-12-32)41(45-37)31-9-5-3-6-10-31/h3-26H,1-2H3. The molecular weight excluding hydrogens is 617 g/mol. The van der Waals surface area contributed by atoms with E-state index in [0.29, 0.717) is 22.5 Å². The first-order chi connectivity index (χ1) is 24.4. The molecule has 8 rings (SSSR count). The molecule has 8 aromatic rings. The third-order valence-corrected chi connectivity index (χ3v) is 8.89. The highest BCUT2D eigenvalue weighted by molar-refractivity contribution is 5.97. The molecule has 0 saturated heterocycles. The molecule has 0 fully saturated rings. The number of aromatic nitrogens is 4. The number of hydrogen-bond acceptors (Lipinski definition) is 6. The summed E-state index contributed by atoms with van der Waals surface area (Å²) in [5, 5.41) is 0. The molecule has 0 spiro atoms. The van der Waals surface area contributed by atoms with Crippen LogP contribution in [0.5, 0.6) is 0 Å². The van der Waals surface area contributed by atoms with Crippen molar-refractivity contribution in [3.05, 3.63) is 157 Å². The van der Waals surface area contributed by atoms with Crippen LogP contribution in [0.4, 0.5) is 0 Å². The van der Waals surface area contributed by atoms with Gasteiger partial charge in [0.1, 0.15) is 0 Å². The summed E-state index contributed by atoms with van der Waals surface area (Å²) in [5.74, 6) is -0.000553. The van der Waals surface area contributed by atoms with Crippen LogP contribution in [0.1, 0.15) is 34.6 Å². The maximum absolute atomic E-state index is 12.0. The molecule has 0 aliphatic heterocycles. The molecule has 6 nitrogen and oxygen atoms in total. The molecule has 0 bridgehead atoms. The Morgan fingerprint density at radius 2 is 0.640 bits per heavy atom. The number of hydrogen-bond donors (Lipinski definition) is 0. The average molecular weight is 647 g/mol. The molecule has 6 heteroatoms. The Hall–Kier alpha value is -6.66. The van der Waals surface area contributed by atoms with E-state index in [0.717, 1.165) is 66.8 Å². The van der Waals surface area contributed by atoms with Crippen molar-refractivity contribution in [2.24, 2.45) is 0 Å². The van der Waals surface area contributed by atoms with Crippen molar-refractivity contribution in [3.63, 3.8) is 0 Å². The van der Waals surface area contributed by atoms with E-state index < -0.39 is 0 Å². The van der Waals surface area contributed by atoms with E-state index in [1.165, 1.54) is 0 Å². The third kappa shape index (κ3) is 5.84. The van der Waals surface area contributed by atoms with Gasteiger partial charge in [-0.05, 0) is 49.2 Å². The number of fused-ring (bicyclic) bond motifs is 2. The SMILES string of the molecule is CC(=O)c1ccc(-c2nc3ccc(-c4ccc5nc(-c6ccccc6)c(-c6ccccc6)nc5c4)cc3nc2-c2ccc(C(C)=O)cc2)cc1. The van der Waals surface area contributed by atoms with E-state index in [4.69, 9.17) is 19.9 Å². The van der Waals surface area contributed by atoms with Gasteiger partial charge in [-0.1, -0.05) is 121 Å². The van der Waals surface area contributed by atoms with Gasteiger partial charge in [-0.25, -0.2) is 19.9 Å². The van der Waals surface area contributed by atoms with Gasteiger partial charge in [0.15, 0.2) is 11.6 Å². The number of nitrogens with zero attached hydrogens (tertiary/aromatic N) is 4. The minimum atomic E-state index is -0.00177. The second kappa shape index (κ2) is 12.7. The molecule has 50 heavy (non-hydrogen) atoms. The Balaban J connectivity index is 1.26. The van der Waals surface area contributed by atoms with Crippen molar-refractivity contribution < 1.29 is 9.59 Å². The summed E-state index contributed by atoms with van der Waals surface area (Å²) in [6.45, 7) is 3.11. The van der Waals surface area contributed by atoms with Crippen LogP contribution in [-0.4, -0.2) is 31.5 Å². The third-order valence-electron chi connectivity index (χ3n) is 8.89. The second-order valence-corrected chi connectivity index (χ2v) is 12.2. The van der Waals surface area contributed by atoms with Crippen LogP contribution in [0.3, 0.4) is 0 Å². The molecule has 6 aromatic carbocycles. The molecule has 0 radical (unpaired) electrons. The molecule has 238 valence electrons.